The lowest BCUT2D eigenvalue weighted by Crippen LogP contribution is -2.50. The van der Waals surface area contributed by atoms with Gasteiger partial charge in [0, 0.05) is 50.7 Å². The summed E-state index contributed by atoms with van der Waals surface area (Å²) in [6.07, 6.45) is 5.18. The lowest BCUT2D eigenvalue weighted by atomic mass is 9.95. The quantitative estimate of drug-likeness (QED) is 0.763. The van der Waals surface area contributed by atoms with Crippen LogP contribution in [0.4, 0.5) is 0 Å². The van der Waals surface area contributed by atoms with E-state index in [9.17, 15) is 9.59 Å². The standard InChI is InChI=1S/C23H35N3O3/c1-3-7-22(27)26-13-6-9-19(17-26)23(28)24-20-11-14-25(15-12-20)16-18-8-4-5-10-21(18)29-2/h4-5,8,10,19-20H,3,6-7,9,11-17H2,1-2H3,(H,24,28). The third-order valence-corrected chi connectivity index (χ3v) is 6.13. The molecule has 0 radical (unpaired) electrons. The zero-order valence-electron chi connectivity index (χ0n) is 17.9. The number of ether oxygens (including phenoxy) is 1. The summed E-state index contributed by atoms with van der Waals surface area (Å²) < 4.78 is 5.46. The molecule has 2 aliphatic heterocycles. The predicted octanol–water partition coefficient (Wildman–Crippen LogP) is 2.81. The van der Waals surface area contributed by atoms with Crippen LogP contribution in [-0.4, -0.2) is 60.9 Å². The maximum atomic E-state index is 12.8. The lowest BCUT2D eigenvalue weighted by molar-refractivity contribution is -0.136. The molecule has 0 saturated carbocycles. The second-order valence-electron chi connectivity index (χ2n) is 8.30. The van der Waals surface area contributed by atoms with E-state index in [-0.39, 0.29) is 23.8 Å². The Balaban J connectivity index is 1.44. The SMILES string of the molecule is CCCC(=O)N1CCCC(C(=O)NC2CCN(Cc3ccccc3OC)CC2)C1. The molecule has 1 aromatic carbocycles. The van der Waals surface area contributed by atoms with E-state index >= 15 is 0 Å². The van der Waals surface area contributed by atoms with E-state index in [1.54, 1.807) is 7.11 Å². The second kappa shape index (κ2) is 10.6. The van der Waals surface area contributed by atoms with Crippen LogP contribution >= 0.6 is 0 Å². The van der Waals surface area contributed by atoms with Gasteiger partial charge in [-0.3, -0.25) is 14.5 Å². The number of hydrogen-bond donors (Lipinski definition) is 1. The van der Waals surface area contributed by atoms with Crippen molar-refractivity contribution in [2.45, 2.75) is 58.0 Å². The van der Waals surface area contributed by atoms with E-state index in [1.807, 2.05) is 30.0 Å². The lowest BCUT2D eigenvalue weighted by Gasteiger charge is -2.35. The Morgan fingerprint density at radius 3 is 2.62 bits per heavy atom. The van der Waals surface area contributed by atoms with Crippen molar-refractivity contribution in [2.75, 3.05) is 33.3 Å². The number of benzene rings is 1. The Labute approximate surface area is 174 Å². The molecule has 0 bridgehead atoms. The fourth-order valence-electron chi connectivity index (χ4n) is 4.42. The van der Waals surface area contributed by atoms with Crippen LogP contribution in [-0.2, 0) is 16.1 Å². The molecule has 6 nitrogen and oxygen atoms in total. The molecule has 1 aromatic rings. The molecule has 2 fully saturated rings. The highest BCUT2D eigenvalue weighted by Crippen LogP contribution is 2.22. The molecule has 2 saturated heterocycles. The molecule has 2 amide bonds. The number of carbonyl (C=O) groups excluding carboxylic acids is 2. The highest BCUT2D eigenvalue weighted by molar-refractivity contribution is 5.81. The van der Waals surface area contributed by atoms with Gasteiger partial charge in [0.2, 0.25) is 11.8 Å². The molecule has 6 heteroatoms. The fourth-order valence-corrected chi connectivity index (χ4v) is 4.42. The largest absolute Gasteiger partial charge is 0.496 e. The highest BCUT2D eigenvalue weighted by Gasteiger charge is 2.30. The van der Waals surface area contributed by atoms with Gasteiger partial charge in [-0.2, -0.15) is 0 Å². The minimum atomic E-state index is -0.0591. The predicted molar refractivity (Wildman–Crippen MR) is 114 cm³/mol. The summed E-state index contributed by atoms with van der Waals surface area (Å²) in [4.78, 5) is 29.2. The first-order valence-corrected chi connectivity index (χ1v) is 11.0. The summed E-state index contributed by atoms with van der Waals surface area (Å²) in [6.45, 7) is 6.21. The number of likely N-dealkylation sites (tertiary alicyclic amines) is 2. The van der Waals surface area contributed by atoms with Gasteiger partial charge in [0.1, 0.15) is 5.75 Å². The first kappa shape index (κ1) is 21.6. The summed E-state index contributed by atoms with van der Waals surface area (Å²) in [6, 6.07) is 8.39. The molecule has 1 unspecified atom stereocenters. The molecule has 2 aliphatic rings. The Kier molecular flexibility index (Phi) is 7.92. The van der Waals surface area contributed by atoms with E-state index in [4.69, 9.17) is 4.74 Å². The molecular weight excluding hydrogens is 366 g/mol. The summed E-state index contributed by atoms with van der Waals surface area (Å²) in [7, 11) is 1.71. The van der Waals surface area contributed by atoms with Crippen LogP contribution in [0.2, 0.25) is 0 Å². The van der Waals surface area contributed by atoms with E-state index in [0.717, 1.165) is 64.0 Å². The second-order valence-corrected chi connectivity index (χ2v) is 8.30. The first-order chi connectivity index (χ1) is 14.1. The van der Waals surface area contributed by atoms with Crippen molar-refractivity contribution in [1.29, 1.82) is 0 Å². The topological polar surface area (TPSA) is 61.9 Å². The molecule has 1 atom stereocenters. The van der Waals surface area contributed by atoms with Gasteiger partial charge in [-0.25, -0.2) is 0 Å². The van der Waals surface area contributed by atoms with E-state index in [0.29, 0.717) is 13.0 Å². The zero-order valence-corrected chi connectivity index (χ0v) is 17.9. The van der Waals surface area contributed by atoms with E-state index < -0.39 is 0 Å². The van der Waals surface area contributed by atoms with Crippen LogP contribution < -0.4 is 10.1 Å². The van der Waals surface area contributed by atoms with Gasteiger partial charge in [-0.1, -0.05) is 25.1 Å². The fraction of sp³-hybridized carbons (Fsp3) is 0.652. The smallest absolute Gasteiger partial charge is 0.225 e. The van der Waals surface area contributed by atoms with Crippen molar-refractivity contribution in [3.63, 3.8) is 0 Å². The van der Waals surface area contributed by atoms with Gasteiger partial charge in [-0.15, -0.1) is 0 Å². The average molecular weight is 402 g/mol. The molecule has 0 aliphatic carbocycles. The van der Waals surface area contributed by atoms with Crippen molar-refractivity contribution in [3.8, 4) is 5.75 Å². The average Bonchev–Trinajstić information content (AvgIpc) is 2.75. The summed E-state index contributed by atoms with van der Waals surface area (Å²) >= 11 is 0. The van der Waals surface area contributed by atoms with Crippen molar-refractivity contribution >= 4 is 11.8 Å². The van der Waals surface area contributed by atoms with Gasteiger partial charge < -0.3 is 15.0 Å². The number of piperidine rings is 2. The third kappa shape index (κ3) is 5.95. The van der Waals surface area contributed by atoms with Gasteiger partial charge >= 0.3 is 0 Å². The Bertz CT molecular complexity index is 686. The zero-order chi connectivity index (χ0) is 20.6. The molecule has 3 rings (SSSR count). The Morgan fingerprint density at radius 2 is 1.90 bits per heavy atom. The van der Waals surface area contributed by atoms with E-state index in [1.165, 1.54) is 5.56 Å². The number of methoxy groups -OCH3 is 1. The molecular formula is C23H35N3O3. The van der Waals surface area contributed by atoms with Gasteiger partial charge in [0.25, 0.3) is 0 Å². The maximum Gasteiger partial charge on any atom is 0.225 e. The van der Waals surface area contributed by atoms with Crippen molar-refractivity contribution in [2.24, 2.45) is 5.92 Å². The maximum absolute atomic E-state index is 12.8. The molecule has 0 spiro atoms. The van der Waals surface area contributed by atoms with Crippen LogP contribution in [0.15, 0.2) is 24.3 Å². The van der Waals surface area contributed by atoms with Crippen molar-refractivity contribution in [1.82, 2.24) is 15.1 Å². The van der Waals surface area contributed by atoms with Gasteiger partial charge in [-0.05, 0) is 38.2 Å². The van der Waals surface area contributed by atoms with Crippen LogP contribution in [0.3, 0.4) is 0 Å². The van der Waals surface area contributed by atoms with Gasteiger partial charge in [0.05, 0.1) is 13.0 Å². The minimum Gasteiger partial charge on any atom is -0.496 e. The number of nitrogens with zero attached hydrogens (tertiary/aromatic N) is 2. The molecule has 160 valence electrons. The first-order valence-electron chi connectivity index (χ1n) is 11.0. The normalized spacial score (nSPS) is 21.0. The number of carbonyl (C=O) groups is 2. The number of hydrogen-bond acceptors (Lipinski definition) is 4. The Morgan fingerprint density at radius 1 is 1.14 bits per heavy atom. The van der Waals surface area contributed by atoms with Crippen molar-refractivity contribution in [3.05, 3.63) is 29.8 Å². The summed E-state index contributed by atoms with van der Waals surface area (Å²) in [5.74, 6) is 1.19. The van der Waals surface area contributed by atoms with Crippen molar-refractivity contribution < 1.29 is 14.3 Å². The number of rotatable bonds is 7. The number of para-hydroxylation sites is 1. The van der Waals surface area contributed by atoms with Crippen LogP contribution in [0, 0.1) is 5.92 Å². The van der Waals surface area contributed by atoms with Gasteiger partial charge in [0.15, 0.2) is 0 Å². The molecule has 1 N–H and O–H groups in total. The Hall–Kier alpha value is -2.08. The highest BCUT2D eigenvalue weighted by atomic mass is 16.5. The number of nitrogens with one attached hydrogen (secondary N) is 1. The minimum absolute atomic E-state index is 0.0591. The molecule has 2 heterocycles. The summed E-state index contributed by atoms with van der Waals surface area (Å²) in [5, 5.41) is 3.26. The molecule has 0 aromatic heterocycles. The third-order valence-electron chi connectivity index (χ3n) is 6.13. The monoisotopic (exact) mass is 401 g/mol. The number of amides is 2. The van der Waals surface area contributed by atoms with Crippen LogP contribution in [0.5, 0.6) is 5.75 Å². The van der Waals surface area contributed by atoms with Crippen LogP contribution in [0.25, 0.3) is 0 Å². The summed E-state index contributed by atoms with van der Waals surface area (Å²) in [5.41, 5.74) is 1.21. The van der Waals surface area contributed by atoms with E-state index in [2.05, 4.69) is 16.3 Å². The van der Waals surface area contributed by atoms with Crippen LogP contribution in [0.1, 0.15) is 51.0 Å². The molecule has 29 heavy (non-hydrogen) atoms.